The van der Waals surface area contributed by atoms with Crippen molar-refractivity contribution in [3.63, 3.8) is 0 Å². The van der Waals surface area contributed by atoms with Crippen LogP contribution < -0.4 is 5.73 Å². The lowest BCUT2D eigenvalue weighted by atomic mass is 9.77. The standard InChI is InChI=1S/C10H18N4O/c1-14-8(12-13-9(14)7-11)6-10(15-2)4-3-5-10/h3-7,11H2,1-2H3. The first-order valence-electron chi connectivity index (χ1n) is 5.33. The zero-order valence-electron chi connectivity index (χ0n) is 9.36. The van der Waals surface area contributed by atoms with E-state index in [-0.39, 0.29) is 5.60 Å². The molecular formula is C10H18N4O. The summed E-state index contributed by atoms with van der Waals surface area (Å²) in [6, 6.07) is 0. The average Bonchev–Trinajstić information content (AvgIpc) is 2.53. The van der Waals surface area contributed by atoms with E-state index in [0.717, 1.165) is 30.9 Å². The number of methoxy groups -OCH3 is 1. The second-order valence-electron chi connectivity index (χ2n) is 4.21. The summed E-state index contributed by atoms with van der Waals surface area (Å²) in [5.74, 6) is 1.80. The summed E-state index contributed by atoms with van der Waals surface area (Å²) < 4.78 is 7.53. The summed E-state index contributed by atoms with van der Waals surface area (Å²) in [6.07, 6.45) is 4.32. The van der Waals surface area contributed by atoms with Gasteiger partial charge in [0.25, 0.3) is 0 Å². The van der Waals surface area contributed by atoms with E-state index in [1.54, 1.807) is 7.11 Å². The molecule has 0 aromatic carbocycles. The largest absolute Gasteiger partial charge is 0.378 e. The zero-order chi connectivity index (χ0) is 10.9. The van der Waals surface area contributed by atoms with Crippen molar-refractivity contribution in [1.29, 1.82) is 0 Å². The van der Waals surface area contributed by atoms with Gasteiger partial charge >= 0.3 is 0 Å². The van der Waals surface area contributed by atoms with E-state index in [4.69, 9.17) is 10.5 Å². The molecule has 0 radical (unpaired) electrons. The third kappa shape index (κ3) is 1.77. The van der Waals surface area contributed by atoms with Gasteiger partial charge in [-0.25, -0.2) is 0 Å². The minimum Gasteiger partial charge on any atom is -0.378 e. The van der Waals surface area contributed by atoms with Crippen molar-refractivity contribution in [3.05, 3.63) is 11.6 Å². The van der Waals surface area contributed by atoms with Crippen LogP contribution in [-0.2, 0) is 24.8 Å². The Hall–Kier alpha value is -0.940. The van der Waals surface area contributed by atoms with Gasteiger partial charge in [-0.1, -0.05) is 0 Å². The molecule has 5 nitrogen and oxygen atoms in total. The fourth-order valence-corrected chi connectivity index (χ4v) is 2.04. The summed E-state index contributed by atoms with van der Waals surface area (Å²) in [5, 5.41) is 8.20. The first-order chi connectivity index (χ1) is 7.21. The predicted octanol–water partition coefficient (Wildman–Crippen LogP) is 0.385. The molecule has 0 saturated heterocycles. The molecule has 1 aromatic rings. The topological polar surface area (TPSA) is 66.0 Å². The van der Waals surface area contributed by atoms with E-state index < -0.39 is 0 Å². The molecule has 0 unspecified atom stereocenters. The molecule has 2 rings (SSSR count). The Balaban J connectivity index is 2.13. The van der Waals surface area contributed by atoms with E-state index in [2.05, 4.69) is 10.2 Å². The fourth-order valence-electron chi connectivity index (χ4n) is 2.04. The van der Waals surface area contributed by atoms with Crippen molar-refractivity contribution in [2.75, 3.05) is 7.11 Å². The summed E-state index contributed by atoms with van der Waals surface area (Å²) in [7, 11) is 3.74. The Labute approximate surface area is 89.6 Å². The van der Waals surface area contributed by atoms with Gasteiger partial charge in [0.15, 0.2) is 0 Å². The molecule has 0 spiro atoms. The summed E-state index contributed by atoms with van der Waals surface area (Å²) in [5.41, 5.74) is 5.56. The third-order valence-electron chi connectivity index (χ3n) is 3.42. The minimum atomic E-state index is 0.00661. The van der Waals surface area contributed by atoms with E-state index >= 15 is 0 Å². The highest BCUT2D eigenvalue weighted by molar-refractivity contribution is 5.03. The number of nitrogens with two attached hydrogens (primary N) is 1. The molecule has 1 heterocycles. The second kappa shape index (κ2) is 3.90. The van der Waals surface area contributed by atoms with Crippen molar-refractivity contribution >= 4 is 0 Å². The average molecular weight is 210 g/mol. The zero-order valence-corrected chi connectivity index (χ0v) is 9.36. The minimum absolute atomic E-state index is 0.00661. The summed E-state index contributed by atoms with van der Waals surface area (Å²) >= 11 is 0. The quantitative estimate of drug-likeness (QED) is 0.780. The van der Waals surface area contributed by atoms with Crippen LogP contribution in [0.1, 0.15) is 30.9 Å². The Morgan fingerprint density at radius 2 is 2.07 bits per heavy atom. The number of hydrogen-bond acceptors (Lipinski definition) is 4. The lowest BCUT2D eigenvalue weighted by Gasteiger charge is -2.40. The maximum absolute atomic E-state index is 5.56. The van der Waals surface area contributed by atoms with Crippen molar-refractivity contribution < 1.29 is 4.74 Å². The summed E-state index contributed by atoms with van der Waals surface area (Å²) in [4.78, 5) is 0. The Bertz CT molecular complexity index is 338. The predicted molar refractivity (Wildman–Crippen MR) is 56.2 cm³/mol. The molecule has 0 aliphatic heterocycles. The maximum Gasteiger partial charge on any atom is 0.146 e. The monoisotopic (exact) mass is 210 g/mol. The maximum atomic E-state index is 5.56. The number of rotatable bonds is 4. The molecule has 1 aliphatic rings. The highest BCUT2D eigenvalue weighted by Crippen LogP contribution is 2.37. The molecule has 15 heavy (non-hydrogen) atoms. The SMILES string of the molecule is COC1(Cc2nnc(CN)n2C)CCC1. The number of aromatic nitrogens is 3. The molecule has 1 aromatic heterocycles. The van der Waals surface area contributed by atoms with Gasteiger partial charge < -0.3 is 15.0 Å². The molecule has 5 heteroatoms. The Kier molecular flexibility index (Phi) is 2.75. The molecule has 1 fully saturated rings. The fraction of sp³-hybridized carbons (Fsp3) is 0.800. The van der Waals surface area contributed by atoms with Crippen LogP contribution in [0.4, 0.5) is 0 Å². The van der Waals surface area contributed by atoms with Crippen LogP contribution in [0.2, 0.25) is 0 Å². The van der Waals surface area contributed by atoms with Crippen LogP contribution in [0.3, 0.4) is 0 Å². The molecule has 0 amide bonds. The number of hydrogen-bond donors (Lipinski definition) is 1. The smallest absolute Gasteiger partial charge is 0.146 e. The van der Waals surface area contributed by atoms with Gasteiger partial charge in [0.2, 0.25) is 0 Å². The molecule has 0 atom stereocenters. The summed E-state index contributed by atoms with van der Waals surface area (Å²) in [6.45, 7) is 0.434. The molecule has 84 valence electrons. The van der Waals surface area contributed by atoms with Crippen molar-refractivity contribution in [2.45, 2.75) is 37.8 Å². The third-order valence-corrected chi connectivity index (χ3v) is 3.42. The van der Waals surface area contributed by atoms with Crippen molar-refractivity contribution in [1.82, 2.24) is 14.8 Å². The van der Waals surface area contributed by atoms with Crippen LogP contribution in [0.15, 0.2) is 0 Å². The van der Waals surface area contributed by atoms with Gasteiger partial charge in [-0.15, -0.1) is 10.2 Å². The lowest BCUT2D eigenvalue weighted by Crippen LogP contribution is -2.42. The van der Waals surface area contributed by atoms with Crippen LogP contribution in [0.5, 0.6) is 0 Å². The first-order valence-corrected chi connectivity index (χ1v) is 5.33. The Morgan fingerprint density at radius 3 is 2.47 bits per heavy atom. The van der Waals surface area contributed by atoms with E-state index in [1.807, 2.05) is 11.6 Å². The van der Waals surface area contributed by atoms with Gasteiger partial charge in [0, 0.05) is 20.6 Å². The van der Waals surface area contributed by atoms with Gasteiger partial charge in [-0.3, -0.25) is 0 Å². The highest BCUT2D eigenvalue weighted by Gasteiger charge is 2.38. The molecular weight excluding hydrogens is 192 g/mol. The first kappa shape index (κ1) is 10.6. The van der Waals surface area contributed by atoms with E-state index in [9.17, 15) is 0 Å². The van der Waals surface area contributed by atoms with Crippen molar-refractivity contribution in [2.24, 2.45) is 12.8 Å². The van der Waals surface area contributed by atoms with E-state index in [1.165, 1.54) is 6.42 Å². The molecule has 0 bridgehead atoms. The van der Waals surface area contributed by atoms with Gasteiger partial charge in [0.05, 0.1) is 12.1 Å². The molecule has 1 saturated carbocycles. The van der Waals surface area contributed by atoms with Crippen LogP contribution >= 0.6 is 0 Å². The number of nitrogens with zero attached hydrogens (tertiary/aromatic N) is 3. The van der Waals surface area contributed by atoms with Crippen LogP contribution in [0.25, 0.3) is 0 Å². The van der Waals surface area contributed by atoms with Crippen LogP contribution in [0, 0.1) is 0 Å². The second-order valence-corrected chi connectivity index (χ2v) is 4.21. The normalized spacial score (nSPS) is 18.9. The van der Waals surface area contributed by atoms with Gasteiger partial charge in [-0.05, 0) is 19.3 Å². The Morgan fingerprint density at radius 1 is 1.40 bits per heavy atom. The van der Waals surface area contributed by atoms with Crippen molar-refractivity contribution in [3.8, 4) is 0 Å². The highest BCUT2D eigenvalue weighted by atomic mass is 16.5. The van der Waals surface area contributed by atoms with Crippen LogP contribution in [-0.4, -0.2) is 27.5 Å². The number of ether oxygens (including phenoxy) is 1. The molecule has 2 N–H and O–H groups in total. The van der Waals surface area contributed by atoms with Gasteiger partial charge in [0.1, 0.15) is 11.6 Å². The lowest BCUT2D eigenvalue weighted by molar-refractivity contribution is -0.0725. The molecule has 1 aliphatic carbocycles. The van der Waals surface area contributed by atoms with Gasteiger partial charge in [-0.2, -0.15) is 0 Å². The van der Waals surface area contributed by atoms with E-state index in [0.29, 0.717) is 6.54 Å².